The highest BCUT2D eigenvalue weighted by Crippen LogP contribution is 2.30. The lowest BCUT2D eigenvalue weighted by molar-refractivity contribution is 0.122. The number of aromatic nitrogens is 1. The van der Waals surface area contributed by atoms with Gasteiger partial charge < -0.3 is 20.3 Å². The van der Waals surface area contributed by atoms with Crippen LogP contribution >= 0.6 is 24.0 Å². The number of nitrogens with zero attached hydrogens (tertiary/aromatic N) is 3. The molecule has 2 aromatic rings. The van der Waals surface area contributed by atoms with Crippen LogP contribution < -0.4 is 15.5 Å². The summed E-state index contributed by atoms with van der Waals surface area (Å²) in [5.74, 6) is 1.87. The maximum absolute atomic E-state index is 5.50. The van der Waals surface area contributed by atoms with Crippen LogP contribution in [0.5, 0.6) is 0 Å². The van der Waals surface area contributed by atoms with Gasteiger partial charge in [0, 0.05) is 43.4 Å². The fourth-order valence-corrected chi connectivity index (χ4v) is 4.17. The highest BCUT2D eigenvalue weighted by molar-refractivity contribution is 14.0. The van der Waals surface area contributed by atoms with Gasteiger partial charge in [-0.2, -0.15) is 0 Å². The van der Waals surface area contributed by atoms with Crippen LogP contribution in [0.25, 0.3) is 0 Å². The lowest BCUT2D eigenvalue weighted by atomic mass is 9.76. The van der Waals surface area contributed by atoms with Gasteiger partial charge in [-0.25, -0.2) is 9.98 Å². The van der Waals surface area contributed by atoms with Crippen LogP contribution in [0.15, 0.2) is 53.7 Å². The second-order valence-electron chi connectivity index (χ2n) is 7.99. The molecule has 1 aromatic carbocycles. The van der Waals surface area contributed by atoms with Crippen molar-refractivity contribution in [2.75, 3.05) is 44.3 Å². The molecule has 0 amide bonds. The minimum atomic E-state index is 0. The van der Waals surface area contributed by atoms with Crippen LogP contribution in [-0.2, 0) is 16.7 Å². The van der Waals surface area contributed by atoms with E-state index in [1.807, 2.05) is 12.3 Å². The molecule has 2 N–H and O–H groups in total. The molecule has 6 nitrogen and oxygen atoms in total. The smallest absolute Gasteiger partial charge is 0.191 e. The summed E-state index contributed by atoms with van der Waals surface area (Å²) in [6.07, 6.45) is 4.01. The number of hydrogen-bond donors (Lipinski definition) is 2. The van der Waals surface area contributed by atoms with Gasteiger partial charge in [-0.1, -0.05) is 50.2 Å². The summed E-state index contributed by atoms with van der Waals surface area (Å²) in [6, 6.07) is 14.9. The fraction of sp³-hybridized carbons (Fsp3) is 0.520. The molecule has 176 valence electrons. The number of guanidine groups is 1. The number of nitrogens with one attached hydrogen (secondary N) is 2. The van der Waals surface area contributed by atoms with Gasteiger partial charge in [0.05, 0.1) is 19.8 Å². The van der Waals surface area contributed by atoms with Crippen LogP contribution in [-0.4, -0.2) is 50.3 Å². The Bertz CT molecular complexity index is 820. The predicted octanol–water partition coefficient (Wildman–Crippen LogP) is 4.35. The van der Waals surface area contributed by atoms with Gasteiger partial charge in [-0.05, 0) is 31.4 Å². The Morgan fingerprint density at radius 1 is 1.03 bits per heavy atom. The van der Waals surface area contributed by atoms with Crippen molar-refractivity contribution in [3.63, 3.8) is 0 Å². The van der Waals surface area contributed by atoms with Crippen molar-refractivity contribution < 1.29 is 4.74 Å². The highest BCUT2D eigenvalue weighted by atomic mass is 127. The first-order valence-electron chi connectivity index (χ1n) is 11.6. The van der Waals surface area contributed by atoms with Gasteiger partial charge in [0.25, 0.3) is 0 Å². The molecule has 1 aromatic heterocycles. The minimum Gasteiger partial charge on any atom is -0.378 e. The van der Waals surface area contributed by atoms with Crippen molar-refractivity contribution in [3.8, 4) is 0 Å². The monoisotopic (exact) mass is 551 g/mol. The third kappa shape index (κ3) is 6.81. The number of ether oxygens (including phenoxy) is 1. The van der Waals surface area contributed by atoms with Gasteiger partial charge in [0.2, 0.25) is 0 Å². The van der Waals surface area contributed by atoms with E-state index in [1.54, 1.807) is 0 Å². The van der Waals surface area contributed by atoms with Gasteiger partial charge in [0.1, 0.15) is 5.82 Å². The van der Waals surface area contributed by atoms with E-state index in [0.29, 0.717) is 6.54 Å². The first kappa shape index (κ1) is 26.4. The van der Waals surface area contributed by atoms with E-state index in [2.05, 4.69) is 77.7 Å². The van der Waals surface area contributed by atoms with Gasteiger partial charge in [-0.3, -0.25) is 0 Å². The fourth-order valence-electron chi connectivity index (χ4n) is 4.17. The zero-order valence-electron chi connectivity index (χ0n) is 19.6. The van der Waals surface area contributed by atoms with E-state index in [9.17, 15) is 0 Å². The summed E-state index contributed by atoms with van der Waals surface area (Å²) in [7, 11) is 0. The van der Waals surface area contributed by atoms with E-state index >= 15 is 0 Å². The average molecular weight is 552 g/mol. The Hall–Kier alpha value is -1.87. The maximum atomic E-state index is 5.50. The number of benzene rings is 1. The van der Waals surface area contributed by atoms with Crippen LogP contribution in [0, 0.1) is 0 Å². The average Bonchev–Trinajstić information content (AvgIpc) is 2.85. The van der Waals surface area contributed by atoms with Crippen molar-refractivity contribution in [1.82, 2.24) is 15.6 Å². The first-order chi connectivity index (χ1) is 15.2. The van der Waals surface area contributed by atoms with Gasteiger partial charge >= 0.3 is 0 Å². The van der Waals surface area contributed by atoms with Crippen LogP contribution in [0.2, 0.25) is 0 Å². The van der Waals surface area contributed by atoms with Crippen molar-refractivity contribution in [1.29, 1.82) is 0 Å². The number of halogens is 1. The van der Waals surface area contributed by atoms with E-state index < -0.39 is 0 Å². The predicted molar refractivity (Wildman–Crippen MR) is 144 cm³/mol. The summed E-state index contributed by atoms with van der Waals surface area (Å²) in [4.78, 5) is 11.8. The first-order valence-corrected chi connectivity index (χ1v) is 11.6. The summed E-state index contributed by atoms with van der Waals surface area (Å²) in [5, 5.41) is 7.03. The van der Waals surface area contributed by atoms with Gasteiger partial charge in [-0.15, -0.1) is 24.0 Å². The molecule has 1 saturated heterocycles. The molecule has 0 radical (unpaired) electrons. The van der Waals surface area contributed by atoms with E-state index in [1.165, 1.54) is 5.56 Å². The van der Waals surface area contributed by atoms with Crippen LogP contribution in [0.4, 0.5) is 5.82 Å². The zero-order chi connectivity index (χ0) is 21.9. The quantitative estimate of drug-likeness (QED) is 0.276. The number of morpholine rings is 1. The molecule has 32 heavy (non-hydrogen) atoms. The molecule has 3 rings (SSSR count). The van der Waals surface area contributed by atoms with Crippen molar-refractivity contribution in [2.24, 2.45) is 4.99 Å². The number of rotatable bonds is 9. The molecular formula is C25H38IN5O. The normalized spacial score (nSPS) is 14.6. The van der Waals surface area contributed by atoms with Crippen LogP contribution in [0.1, 0.15) is 44.7 Å². The molecule has 0 bridgehead atoms. The number of aliphatic imine (C=N–C) groups is 1. The largest absolute Gasteiger partial charge is 0.378 e. The van der Waals surface area contributed by atoms with E-state index in [-0.39, 0.29) is 29.4 Å². The van der Waals surface area contributed by atoms with Crippen molar-refractivity contribution in [2.45, 2.75) is 45.6 Å². The molecule has 0 saturated carbocycles. The lowest BCUT2D eigenvalue weighted by Gasteiger charge is -2.33. The highest BCUT2D eigenvalue weighted by Gasteiger charge is 2.28. The number of hydrogen-bond acceptors (Lipinski definition) is 4. The summed E-state index contributed by atoms with van der Waals surface area (Å²) < 4.78 is 5.50. The third-order valence-electron chi connectivity index (χ3n) is 6.26. The molecule has 0 aliphatic carbocycles. The number of pyridine rings is 1. The summed E-state index contributed by atoms with van der Waals surface area (Å²) in [6.45, 7) is 12.1. The Morgan fingerprint density at radius 2 is 1.75 bits per heavy atom. The Morgan fingerprint density at radius 3 is 2.41 bits per heavy atom. The van der Waals surface area contributed by atoms with Crippen molar-refractivity contribution in [3.05, 3.63) is 59.8 Å². The van der Waals surface area contributed by atoms with Gasteiger partial charge in [0.15, 0.2) is 5.96 Å². The zero-order valence-corrected chi connectivity index (χ0v) is 22.0. The molecule has 2 heterocycles. The molecule has 1 fully saturated rings. The lowest BCUT2D eigenvalue weighted by Crippen LogP contribution is -2.45. The second kappa shape index (κ2) is 13.6. The summed E-state index contributed by atoms with van der Waals surface area (Å²) >= 11 is 0. The minimum absolute atomic E-state index is 0. The summed E-state index contributed by atoms with van der Waals surface area (Å²) in [5.41, 5.74) is 2.61. The maximum Gasteiger partial charge on any atom is 0.191 e. The molecule has 7 heteroatoms. The molecular weight excluding hydrogens is 513 g/mol. The topological polar surface area (TPSA) is 61.8 Å². The Balaban J connectivity index is 0.00000363. The Kier molecular flexibility index (Phi) is 11.2. The number of anilines is 1. The van der Waals surface area contributed by atoms with Crippen LogP contribution in [0.3, 0.4) is 0 Å². The van der Waals surface area contributed by atoms with E-state index in [0.717, 1.165) is 69.6 Å². The molecule has 1 aliphatic rings. The standard InChI is InChI=1S/C25H37N5O.HI/c1-4-25(5-2,22-12-8-7-9-13-22)20-29-24(26-6-3)28-19-21-11-10-14-27-23(21)30-15-17-31-18-16-30;/h7-14H,4-6,15-20H2,1-3H3,(H2,26,28,29);1H. The Labute approximate surface area is 210 Å². The molecule has 0 unspecified atom stereocenters. The third-order valence-corrected chi connectivity index (χ3v) is 6.26. The molecule has 0 atom stereocenters. The van der Waals surface area contributed by atoms with E-state index in [4.69, 9.17) is 9.73 Å². The SMILES string of the molecule is CCNC(=NCc1cccnc1N1CCOCC1)NCC(CC)(CC)c1ccccc1.I. The molecule has 0 spiro atoms. The second-order valence-corrected chi connectivity index (χ2v) is 7.99. The molecule has 1 aliphatic heterocycles. The van der Waals surface area contributed by atoms with Crippen molar-refractivity contribution >= 4 is 35.8 Å².